The number of carbonyl (C=O) groups excluding carboxylic acids is 2. The molecule has 4 nitrogen and oxygen atoms in total. The van der Waals surface area contributed by atoms with Gasteiger partial charge in [0.1, 0.15) is 6.04 Å². The minimum atomic E-state index is -0.212. The molecule has 0 N–H and O–H groups in total. The highest BCUT2D eigenvalue weighted by molar-refractivity contribution is 6.00. The van der Waals surface area contributed by atoms with Crippen molar-refractivity contribution in [2.24, 2.45) is 17.8 Å². The predicted octanol–water partition coefficient (Wildman–Crippen LogP) is 2.82. The first-order valence-electron chi connectivity index (χ1n) is 8.54. The van der Waals surface area contributed by atoms with Crippen LogP contribution in [0.2, 0.25) is 0 Å². The molecule has 4 heteroatoms. The maximum absolute atomic E-state index is 12.5. The van der Waals surface area contributed by atoms with Crippen molar-refractivity contribution < 1.29 is 14.3 Å². The molecule has 1 heterocycles. The summed E-state index contributed by atoms with van der Waals surface area (Å²) in [7, 11) is 1.44. The Kier molecular flexibility index (Phi) is 5.79. The number of likely N-dealkylation sites (tertiary alicyclic amines) is 1. The number of methoxy groups -OCH3 is 1. The molecule has 2 aliphatic rings. The molecule has 1 unspecified atom stereocenters. The third-order valence-corrected chi connectivity index (χ3v) is 4.87. The van der Waals surface area contributed by atoms with E-state index < -0.39 is 0 Å². The van der Waals surface area contributed by atoms with Gasteiger partial charge in [-0.15, -0.1) is 0 Å². The summed E-state index contributed by atoms with van der Waals surface area (Å²) in [5.74, 6) is 0.922. The van der Waals surface area contributed by atoms with Crippen LogP contribution in [0.1, 0.15) is 46.5 Å². The first-order valence-corrected chi connectivity index (χ1v) is 8.54. The second-order valence-corrected chi connectivity index (χ2v) is 7.05. The highest BCUT2D eigenvalue weighted by Gasteiger charge is 2.45. The molecule has 0 aromatic rings. The summed E-state index contributed by atoms with van der Waals surface area (Å²) < 4.78 is 4.97. The summed E-state index contributed by atoms with van der Waals surface area (Å²) in [6.07, 6.45) is 6.07. The summed E-state index contributed by atoms with van der Waals surface area (Å²) in [6.45, 7) is 7.87. The van der Waals surface area contributed by atoms with Crippen LogP contribution >= 0.6 is 0 Å². The quantitative estimate of drug-likeness (QED) is 0.679. The number of hydrogen-bond donors (Lipinski definition) is 0. The van der Waals surface area contributed by atoms with Crippen LogP contribution in [0.3, 0.4) is 0 Å². The van der Waals surface area contributed by atoms with Crippen LogP contribution in [0.5, 0.6) is 0 Å². The van der Waals surface area contributed by atoms with E-state index in [0.717, 1.165) is 37.8 Å². The Morgan fingerprint density at radius 3 is 2.68 bits per heavy atom. The highest BCUT2D eigenvalue weighted by atomic mass is 16.5. The summed E-state index contributed by atoms with van der Waals surface area (Å²) >= 11 is 0. The molecule has 1 aliphatic heterocycles. The van der Waals surface area contributed by atoms with Crippen LogP contribution in [0, 0.1) is 17.8 Å². The van der Waals surface area contributed by atoms with E-state index >= 15 is 0 Å². The number of ketones is 1. The number of esters is 1. The van der Waals surface area contributed by atoms with Crippen LogP contribution < -0.4 is 0 Å². The summed E-state index contributed by atoms with van der Waals surface area (Å²) in [6, 6.07) is -0.212. The number of Topliss-reactive ketones (excluding diaryl/α,β-unsaturated/α-hetero) is 1. The van der Waals surface area contributed by atoms with Crippen LogP contribution in [0.15, 0.2) is 11.6 Å². The number of fused-ring (bicyclic) bond motifs is 1. The third kappa shape index (κ3) is 3.60. The van der Waals surface area contributed by atoms with Crippen molar-refractivity contribution in [3.8, 4) is 0 Å². The first kappa shape index (κ1) is 17.2. The fourth-order valence-corrected chi connectivity index (χ4v) is 3.69. The molecule has 0 aromatic carbocycles. The number of nitrogens with zero attached hydrogens (tertiary/aromatic N) is 1. The Balaban J connectivity index is 2.04. The zero-order valence-electron chi connectivity index (χ0n) is 14.3. The van der Waals surface area contributed by atoms with E-state index in [1.54, 1.807) is 0 Å². The van der Waals surface area contributed by atoms with Crippen molar-refractivity contribution in [1.82, 2.24) is 4.90 Å². The number of allylic oxidation sites excluding steroid dienone is 1. The lowest BCUT2D eigenvalue weighted by atomic mass is 9.97. The van der Waals surface area contributed by atoms with Gasteiger partial charge in [-0.1, -0.05) is 33.3 Å². The summed E-state index contributed by atoms with van der Waals surface area (Å²) in [5.41, 5.74) is 1.02. The fraction of sp³-hybridized carbons (Fsp3) is 0.778. The lowest BCUT2D eigenvalue weighted by molar-refractivity contribution is -0.147. The fourth-order valence-electron chi connectivity index (χ4n) is 3.69. The topological polar surface area (TPSA) is 46.6 Å². The van der Waals surface area contributed by atoms with E-state index in [2.05, 4.69) is 31.7 Å². The van der Waals surface area contributed by atoms with Gasteiger partial charge in [0.05, 0.1) is 7.11 Å². The minimum Gasteiger partial charge on any atom is -0.468 e. The normalized spacial score (nSPS) is 26.2. The molecule has 0 aromatic heterocycles. The van der Waals surface area contributed by atoms with Crippen molar-refractivity contribution in [2.75, 3.05) is 20.2 Å². The second kappa shape index (κ2) is 7.40. The number of rotatable bonds is 7. The molecule has 1 fully saturated rings. The average molecular weight is 307 g/mol. The summed E-state index contributed by atoms with van der Waals surface area (Å²) in [4.78, 5) is 26.7. The molecule has 0 bridgehead atoms. The van der Waals surface area contributed by atoms with Gasteiger partial charge in [0.15, 0.2) is 5.78 Å². The second-order valence-electron chi connectivity index (χ2n) is 7.05. The van der Waals surface area contributed by atoms with Gasteiger partial charge in [0, 0.05) is 24.9 Å². The zero-order valence-corrected chi connectivity index (χ0v) is 14.3. The lowest BCUT2D eigenvalue weighted by Crippen LogP contribution is -2.42. The van der Waals surface area contributed by atoms with Crippen molar-refractivity contribution in [3.05, 3.63) is 11.6 Å². The van der Waals surface area contributed by atoms with Crippen LogP contribution in [0.25, 0.3) is 0 Å². The maximum Gasteiger partial charge on any atom is 0.323 e. The van der Waals surface area contributed by atoms with Gasteiger partial charge in [0.2, 0.25) is 0 Å². The number of carbonyl (C=O) groups is 2. The average Bonchev–Trinajstić information content (AvgIpc) is 3.01. The number of unbranched alkanes of at least 4 members (excludes halogenated alkanes) is 1. The van der Waals surface area contributed by atoms with Gasteiger partial charge >= 0.3 is 5.97 Å². The van der Waals surface area contributed by atoms with Crippen molar-refractivity contribution in [1.29, 1.82) is 0 Å². The standard InChI is InChI=1S/C18H29NO3/c1-5-6-7-13-9-14-10-19(11-15(14)17(13)20)16(8-12(2)3)18(21)22-4/h9,12,14-16H,5-8,10-11H2,1-4H3/t14-,15+,16?/m0/s1. The largest absolute Gasteiger partial charge is 0.468 e. The Bertz CT molecular complexity index is 455. The van der Waals surface area contributed by atoms with Gasteiger partial charge in [-0.05, 0) is 30.8 Å². The van der Waals surface area contributed by atoms with Gasteiger partial charge in [-0.25, -0.2) is 0 Å². The van der Waals surface area contributed by atoms with Crippen molar-refractivity contribution in [3.63, 3.8) is 0 Å². The Morgan fingerprint density at radius 2 is 2.14 bits per heavy atom. The van der Waals surface area contributed by atoms with Gasteiger partial charge < -0.3 is 4.74 Å². The molecule has 124 valence electrons. The molecule has 0 spiro atoms. The Hall–Kier alpha value is -1.16. The van der Waals surface area contributed by atoms with Gasteiger partial charge in [-0.3, -0.25) is 14.5 Å². The Labute approximate surface area is 133 Å². The van der Waals surface area contributed by atoms with Gasteiger partial charge in [0.25, 0.3) is 0 Å². The number of hydrogen-bond acceptors (Lipinski definition) is 4. The van der Waals surface area contributed by atoms with Crippen LogP contribution in [0.4, 0.5) is 0 Å². The SMILES string of the molecule is CCCCC1=C[C@H]2CN(C(CC(C)C)C(=O)OC)C[C@H]2C1=O. The zero-order chi connectivity index (χ0) is 16.3. The third-order valence-electron chi connectivity index (χ3n) is 4.87. The smallest absolute Gasteiger partial charge is 0.323 e. The first-order chi connectivity index (χ1) is 10.5. The van der Waals surface area contributed by atoms with E-state index in [1.807, 2.05) is 0 Å². The molecule has 2 rings (SSSR count). The molecule has 0 saturated carbocycles. The molecular weight excluding hydrogens is 278 g/mol. The van der Waals surface area contributed by atoms with E-state index in [0.29, 0.717) is 24.2 Å². The van der Waals surface area contributed by atoms with E-state index in [-0.39, 0.29) is 17.9 Å². The molecule has 3 atom stereocenters. The highest BCUT2D eigenvalue weighted by Crippen LogP contribution is 2.37. The lowest BCUT2D eigenvalue weighted by Gasteiger charge is -2.27. The molecule has 0 amide bonds. The van der Waals surface area contributed by atoms with E-state index in [9.17, 15) is 9.59 Å². The summed E-state index contributed by atoms with van der Waals surface area (Å²) in [5, 5.41) is 0. The molecule has 1 saturated heterocycles. The number of ether oxygens (including phenoxy) is 1. The molecule has 0 radical (unpaired) electrons. The maximum atomic E-state index is 12.5. The molecule has 22 heavy (non-hydrogen) atoms. The van der Waals surface area contributed by atoms with E-state index in [4.69, 9.17) is 4.74 Å². The minimum absolute atomic E-state index is 0.0613. The van der Waals surface area contributed by atoms with E-state index in [1.165, 1.54) is 7.11 Å². The van der Waals surface area contributed by atoms with Crippen LogP contribution in [-0.4, -0.2) is 42.9 Å². The Morgan fingerprint density at radius 1 is 1.41 bits per heavy atom. The van der Waals surface area contributed by atoms with Crippen LogP contribution in [-0.2, 0) is 14.3 Å². The van der Waals surface area contributed by atoms with Gasteiger partial charge in [-0.2, -0.15) is 0 Å². The monoisotopic (exact) mass is 307 g/mol. The van der Waals surface area contributed by atoms with Crippen molar-refractivity contribution in [2.45, 2.75) is 52.5 Å². The molecule has 1 aliphatic carbocycles. The predicted molar refractivity (Wildman–Crippen MR) is 86.4 cm³/mol. The van der Waals surface area contributed by atoms with Crippen molar-refractivity contribution >= 4 is 11.8 Å². The molecular formula is C18H29NO3.